The van der Waals surface area contributed by atoms with Gasteiger partial charge in [0.1, 0.15) is 0 Å². The molecule has 0 radical (unpaired) electrons. The van der Waals surface area contributed by atoms with Gasteiger partial charge in [0.2, 0.25) is 5.91 Å². The summed E-state index contributed by atoms with van der Waals surface area (Å²) in [5, 5.41) is 23.3. The van der Waals surface area contributed by atoms with Crippen LogP contribution in [0.3, 0.4) is 0 Å². The van der Waals surface area contributed by atoms with Gasteiger partial charge in [-0.3, -0.25) is 9.59 Å². The van der Waals surface area contributed by atoms with Crippen LogP contribution in [0.5, 0.6) is 0 Å². The van der Waals surface area contributed by atoms with Crippen molar-refractivity contribution in [2.24, 2.45) is 0 Å². The van der Waals surface area contributed by atoms with Crippen LogP contribution in [0, 0.1) is 0 Å². The average molecular weight is 876 g/mol. The summed E-state index contributed by atoms with van der Waals surface area (Å²) in [6, 6.07) is -0.552. The first-order chi connectivity index (χ1) is 30.5. The molecule has 0 aliphatic carbocycles. The molecule has 0 fully saturated rings. The number of rotatable bonds is 52. The van der Waals surface area contributed by atoms with Gasteiger partial charge in [-0.25, -0.2) is 0 Å². The third kappa shape index (κ3) is 48.1. The van der Waals surface area contributed by atoms with Gasteiger partial charge in [-0.05, 0) is 51.4 Å². The monoisotopic (exact) mass is 876 g/mol. The predicted molar refractivity (Wildman–Crippen MR) is 269 cm³/mol. The molecule has 0 aliphatic heterocycles. The summed E-state index contributed by atoms with van der Waals surface area (Å²) in [6.07, 6.45) is 60.5. The van der Waals surface area contributed by atoms with Crippen LogP contribution in [0.25, 0.3) is 0 Å². The largest absolute Gasteiger partial charge is 0.466 e. The molecule has 0 spiro atoms. The predicted octanol–water partition coefficient (Wildman–Crippen LogP) is 16.9. The van der Waals surface area contributed by atoms with Gasteiger partial charge in [-0.2, -0.15) is 0 Å². The number of amides is 1. The number of carbonyl (C=O) groups excluding carboxylic acids is 2. The zero-order valence-corrected chi connectivity index (χ0v) is 41.9. The quantitative estimate of drug-likeness (QED) is 0.0321. The molecule has 0 rings (SSSR count). The molecule has 0 aromatic rings. The Balaban J connectivity index is 3.47. The van der Waals surface area contributed by atoms with Gasteiger partial charge in [0.15, 0.2) is 0 Å². The lowest BCUT2D eigenvalue weighted by molar-refractivity contribution is -0.143. The molecule has 0 aromatic heterocycles. The van der Waals surface area contributed by atoms with E-state index in [1.807, 2.05) is 0 Å². The van der Waals surface area contributed by atoms with Crippen molar-refractivity contribution in [3.05, 3.63) is 12.2 Å². The number of aliphatic hydroxyl groups excluding tert-OH is 2. The second-order valence-corrected chi connectivity index (χ2v) is 19.3. The number of hydrogen-bond acceptors (Lipinski definition) is 5. The van der Waals surface area contributed by atoms with Crippen LogP contribution in [0.15, 0.2) is 12.2 Å². The van der Waals surface area contributed by atoms with E-state index in [9.17, 15) is 19.8 Å². The minimum Gasteiger partial charge on any atom is -0.466 e. The van der Waals surface area contributed by atoms with E-state index in [1.54, 1.807) is 0 Å². The zero-order chi connectivity index (χ0) is 45.1. The van der Waals surface area contributed by atoms with Crippen LogP contribution in [0.4, 0.5) is 0 Å². The molecule has 2 atom stereocenters. The SMILES string of the molecule is CCCCCCCCCCCCCCCCCCCCC(O)C(CO)NC(=O)CCCCCCCCC/C=C\CCCCCCOC(=O)CCCCCCCCCCCCCC. The van der Waals surface area contributed by atoms with Gasteiger partial charge in [0, 0.05) is 12.8 Å². The molecule has 368 valence electrons. The summed E-state index contributed by atoms with van der Waals surface area (Å²) >= 11 is 0. The Morgan fingerprint density at radius 2 is 0.758 bits per heavy atom. The maximum absolute atomic E-state index is 12.5. The molecule has 0 aliphatic rings. The second-order valence-electron chi connectivity index (χ2n) is 19.3. The van der Waals surface area contributed by atoms with Gasteiger partial charge in [0.25, 0.3) is 0 Å². The van der Waals surface area contributed by atoms with Gasteiger partial charge in [-0.15, -0.1) is 0 Å². The second kappa shape index (κ2) is 52.2. The number of aliphatic hydroxyl groups is 2. The number of allylic oxidation sites excluding steroid dienone is 2. The highest BCUT2D eigenvalue weighted by Gasteiger charge is 2.20. The molecule has 0 saturated heterocycles. The van der Waals surface area contributed by atoms with Gasteiger partial charge in [0.05, 0.1) is 25.4 Å². The van der Waals surface area contributed by atoms with Crippen LogP contribution >= 0.6 is 0 Å². The molecule has 3 N–H and O–H groups in total. The van der Waals surface area contributed by atoms with Crippen LogP contribution in [0.1, 0.15) is 309 Å². The number of carbonyl (C=O) groups is 2. The molecule has 1 amide bonds. The Hall–Kier alpha value is -1.40. The fourth-order valence-electron chi connectivity index (χ4n) is 8.75. The number of ether oxygens (including phenoxy) is 1. The summed E-state index contributed by atoms with van der Waals surface area (Å²) in [6.45, 7) is 4.93. The van der Waals surface area contributed by atoms with Crippen molar-refractivity contribution in [3.8, 4) is 0 Å². The molecule has 0 aromatic carbocycles. The maximum Gasteiger partial charge on any atom is 0.305 e. The molecule has 0 saturated carbocycles. The highest BCUT2D eigenvalue weighted by molar-refractivity contribution is 5.76. The average Bonchev–Trinajstić information content (AvgIpc) is 3.27. The van der Waals surface area contributed by atoms with E-state index in [0.717, 1.165) is 70.6 Å². The summed E-state index contributed by atoms with van der Waals surface area (Å²) in [7, 11) is 0. The van der Waals surface area contributed by atoms with Crippen molar-refractivity contribution in [2.45, 2.75) is 321 Å². The normalized spacial score (nSPS) is 12.6. The van der Waals surface area contributed by atoms with E-state index in [1.165, 1.54) is 205 Å². The lowest BCUT2D eigenvalue weighted by Gasteiger charge is -2.22. The molecular weight excluding hydrogens is 767 g/mol. The lowest BCUT2D eigenvalue weighted by Crippen LogP contribution is -2.45. The van der Waals surface area contributed by atoms with E-state index in [-0.39, 0.29) is 18.5 Å². The summed E-state index contributed by atoms with van der Waals surface area (Å²) in [5.41, 5.74) is 0. The molecule has 2 unspecified atom stereocenters. The van der Waals surface area contributed by atoms with Crippen molar-refractivity contribution in [1.29, 1.82) is 0 Å². The topological polar surface area (TPSA) is 95.9 Å². The molecule has 62 heavy (non-hydrogen) atoms. The minimum atomic E-state index is -0.673. The van der Waals surface area contributed by atoms with E-state index >= 15 is 0 Å². The fourth-order valence-corrected chi connectivity index (χ4v) is 8.75. The van der Waals surface area contributed by atoms with E-state index < -0.39 is 12.1 Å². The molecule has 0 heterocycles. The van der Waals surface area contributed by atoms with Crippen molar-refractivity contribution in [1.82, 2.24) is 5.32 Å². The molecule has 6 heteroatoms. The summed E-state index contributed by atoms with van der Waals surface area (Å²) < 4.78 is 5.45. The Morgan fingerprint density at radius 1 is 0.435 bits per heavy atom. The van der Waals surface area contributed by atoms with Crippen molar-refractivity contribution in [3.63, 3.8) is 0 Å². The van der Waals surface area contributed by atoms with Crippen molar-refractivity contribution in [2.75, 3.05) is 13.2 Å². The Bertz CT molecular complexity index is 924. The van der Waals surface area contributed by atoms with Crippen molar-refractivity contribution < 1.29 is 24.5 Å². The number of nitrogens with one attached hydrogen (secondary N) is 1. The number of hydrogen-bond donors (Lipinski definition) is 3. The molecular formula is C56H109NO5. The van der Waals surface area contributed by atoms with Crippen LogP contribution < -0.4 is 5.32 Å². The van der Waals surface area contributed by atoms with E-state index in [0.29, 0.717) is 25.9 Å². The molecule has 0 bridgehead atoms. The van der Waals surface area contributed by atoms with E-state index in [2.05, 4.69) is 31.3 Å². The standard InChI is InChI=1S/C56H109NO5/c1-3-5-7-9-11-13-15-17-18-19-20-22-25-28-32-36-40-44-48-54(59)53(52-58)57-55(60)49-45-41-37-33-29-26-23-21-24-27-31-35-39-43-47-51-62-56(61)50-46-42-38-34-30-16-14-12-10-8-6-4-2/h24,27,53-54,58-59H,3-23,25-26,28-52H2,1-2H3,(H,57,60)/b27-24-. The first-order valence-electron chi connectivity index (χ1n) is 27.9. The summed E-state index contributed by atoms with van der Waals surface area (Å²) in [5.74, 6) is -0.0564. The highest BCUT2D eigenvalue weighted by atomic mass is 16.5. The molecule has 6 nitrogen and oxygen atoms in total. The first kappa shape index (κ1) is 60.6. The fraction of sp³-hybridized carbons (Fsp3) is 0.929. The lowest BCUT2D eigenvalue weighted by atomic mass is 10.0. The third-order valence-electron chi connectivity index (χ3n) is 13.1. The third-order valence-corrected chi connectivity index (χ3v) is 13.1. The van der Waals surface area contributed by atoms with Crippen LogP contribution in [-0.2, 0) is 14.3 Å². The van der Waals surface area contributed by atoms with Gasteiger partial charge in [-0.1, -0.05) is 257 Å². The van der Waals surface area contributed by atoms with Crippen LogP contribution in [-0.4, -0.2) is 47.4 Å². The Morgan fingerprint density at radius 3 is 1.15 bits per heavy atom. The number of esters is 1. The van der Waals surface area contributed by atoms with Gasteiger partial charge >= 0.3 is 5.97 Å². The highest BCUT2D eigenvalue weighted by Crippen LogP contribution is 2.17. The summed E-state index contributed by atoms with van der Waals surface area (Å²) in [4.78, 5) is 24.5. The van der Waals surface area contributed by atoms with Gasteiger partial charge < -0.3 is 20.3 Å². The maximum atomic E-state index is 12.5. The van der Waals surface area contributed by atoms with E-state index in [4.69, 9.17) is 4.74 Å². The Kier molecular flexibility index (Phi) is 51.0. The van der Waals surface area contributed by atoms with Crippen molar-refractivity contribution >= 4 is 11.9 Å². The first-order valence-corrected chi connectivity index (χ1v) is 27.9. The minimum absolute atomic E-state index is 0.00878. The Labute approximate surface area is 387 Å². The smallest absolute Gasteiger partial charge is 0.305 e. The number of unbranched alkanes of at least 4 members (excludes halogenated alkanes) is 39. The zero-order valence-electron chi connectivity index (χ0n) is 41.9. The van der Waals surface area contributed by atoms with Crippen LogP contribution in [0.2, 0.25) is 0 Å².